The summed E-state index contributed by atoms with van der Waals surface area (Å²) in [6, 6.07) is 5.79. The molecule has 0 saturated heterocycles. The number of hydrogen-bond donors (Lipinski definition) is 2. The number of rotatable bonds is 7. The second kappa shape index (κ2) is 7.91. The largest absolute Gasteiger partial charge is 0.383 e. The fourth-order valence-electron chi connectivity index (χ4n) is 3.06. The number of anilines is 1. The molecule has 0 saturated carbocycles. The summed E-state index contributed by atoms with van der Waals surface area (Å²) in [6.45, 7) is 8.53. The lowest BCUT2D eigenvalue weighted by molar-refractivity contribution is 0.316. The highest BCUT2D eigenvalue weighted by Crippen LogP contribution is 2.31. The van der Waals surface area contributed by atoms with Crippen molar-refractivity contribution in [1.82, 2.24) is 9.88 Å². The Morgan fingerprint density at radius 2 is 2.04 bits per heavy atom. The summed E-state index contributed by atoms with van der Waals surface area (Å²) >= 11 is 1.59. The Kier molecular flexibility index (Phi) is 5.63. The maximum atomic E-state index is 13.1. The van der Waals surface area contributed by atoms with Gasteiger partial charge in [-0.15, -0.1) is 11.3 Å². The molecule has 0 aliphatic rings. The van der Waals surface area contributed by atoms with Gasteiger partial charge in [-0.25, -0.2) is 0 Å². The fourth-order valence-corrected chi connectivity index (χ4v) is 4.25. The normalized spacial score (nSPS) is 11.5. The standard InChI is InChI=1S/C19H24N4OS/c1-3-23(4-2)10-9-22-15-6-5-13(11-20)19-17(15)18(24)14-7-8-21-12-16(14)25-19/h5-8,12,22H,3-4,9-11,20H2,1-2H3. The van der Waals surface area contributed by atoms with Gasteiger partial charge in [0, 0.05) is 47.8 Å². The van der Waals surface area contributed by atoms with E-state index < -0.39 is 0 Å². The molecule has 0 unspecified atom stereocenters. The van der Waals surface area contributed by atoms with Gasteiger partial charge in [0.25, 0.3) is 0 Å². The topological polar surface area (TPSA) is 71.2 Å². The van der Waals surface area contributed by atoms with Crippen LogP contribution in [-0.4, -0.2) is 36.1 Å². The predicted octanol–water partition coefficient (Wildman–Crippen LogP) is 3.02. The number of hydrogen-bond acceptors (Lipinski definition) is 6. The lowest BCUT2D eigenvalue weighted by Gasteiger charge is -2.19. The van der Waals surface area contributed by atoms with Crippen molar-refractivity contribution < 1.29 is 0 Å². The van der Waals surface area contributed by atoms with E-state index in [4.69, 9.17) is 5.73 Å². The van der Waals surface area contributed by atoms with E-state index in [9.17, 15) is 4.79 Å². The van der Waals surface area contributed by atoms with E-state index in [1.165, 1.54) is 0 Å². The van der Waals surface area contributed by atoms with Crippen molar-refractivity contribution in [2.24, 2.45) is 5.73 Å². The number of nitrogens with one attached hydrogen (secondary N) is 1. The van der Waals surface area contributed by atoms with E-state index in [2.05, 4.69) is 29.0 Å². The maximum Gasteiger partial charge on any atom is 0.198 e. The number of benzene rings is 1. The summed E-state index contributed by atoms with van der Waals surface area (Å²) < 4.78 is 1.86. The third-order valence-corrected chi connectivity index (χ3v) is 5.78. The van der Waals surface area contributed by atoms with Crippen LogP contribution in [0.25, 0.3) is 20.2 Å². The van der Waals surface area contributed by atoms with Crippen LogP contribution in [-0.2, 0) is 6.54 Å². The van der Waals surface area contributed by atoms with E-state index in [-0.39, 0.29) is 5.43 Å². The number of nitrogens with zero attached hydrogens (tertiary/aromatic N) is 2. The minimum absolute atomic E-state index is 0.0480. The van der Waals surface area contributed by atoms with E-state index in [0.29, 0.717) is 11.9 Å². The monoisotopic (exact) mass is 356 g/mol. The molecule has 3 N–H and O–H groups in total. The van der Waals surface area contributed by atoms with Crippen molar-refractivity contribution in [3.05, 3.63) is 46.4 Å². The van der Waals surface area contributed by atoms with E-state index in [1.54, 1.807) is 29.8 Å². The SMILES string of the molecule is CCN(CC)CCNc1ccc(CN)c2sc3cnccc3c(=O)c12. The quantitative estimate of drug-likeness (QED) is 0.637. The minimum atomic E-state index is 0.0480. The van der Waals surface area contributed by atoms with Gasteiger partial charge in [-0.3, -0.25) is 9.78 Å². The molecule has 1 aromatic carbocycles. The first kappa shape index (κ1) is 17.8. The molecule has 5 nitrogen and oxygen atoms in total. The maximum absolute atomic E-state index is 13.1. The molecule has 132 valence electrons. The van der Waals surface area contributed by atoms with Crippen molar-refractivity contribution in [3.8, 4) is 0 Å². The van der Waals surface area contributed by atoms with Gasteiger partial charge >= 0.3 is 0 Å². The van der Waals surface area contributed by atoms with Gasteiger partial charge in [-0.05, 0) is 30.8 Å². The zero-order valence-corrected chi connectivity index (χ0v) is 15.5. The first-order valence-electron chi connectivity index (χ1n) is 8.68. The molecule has 0 amide bonds. The van der Waals surface area contributed by atoms with Crippen LogP contribution in [0.5, 0.6) is 0 Å². The Bertz CT molecular complexity index is 934. The van der Waals surface area contributed by atoms with E-state index >= 15 is 0 Å². The number of fused-ring (bicyclic) bond motifs is 2. The average Bonchev–Trinajstić information content (AvgIpc) is 2.65. The summed E-state index contributed by atoms with van der Waals surface area (Å²) in [7, 11) is 0. The van der Waals surface area contributed by atoms with Crippen LogP contribution in [0.15, 0.2) is 35.4 Å². The van der Waals surface area contributed by atoms with Crippen LogP contribution in [0.2, 0.25) is 0 Å². The molecule has 0 atom stereocenters. The van der Waals surface area contributed by atoms with Gasteiger partial charge in [0.05, 0.1) is 10.1 Å². The van der Waals surface area contributed by atoms with Crippen molar-refractivity contribution in [3.63, 3.8) is 0 Å². The summed E-state index contributed by atoms with van der Waals surface area (Å²) in [4.78, 5) is 19.6. The average molecular weight is 356 g/mol. The van der Waals surface area contributed by atoms with Crippen LogP contribution >= 0.6 is 11.3 Å². The summed E-state index contributed by atoms with van der Waals surface area (Å²) in [6.07, 6.45) is 3.42. The first-order valence-corrected chi connectivity index (χ1v) is 9.49. The van der Waals surface area contributed by atoms with Crippen molar-refractivity contribution in [2.45, 2.75) is 20.4 Å². The molecular weight excluding hydrogens is 332 g/mol. The third-order valence-electron chi connectivity index (χ3n) is 4.57. The highest BCUT2D eigenvalue weighted by atomic mass is 32.1. The Labute approximate surface area is 151 Å². The lowest BCUT2D eigenvalue weighted by Crippen LogP contribution is -2.28. The molecule has 25 heavy (non-hydrogen) atoms. The third kappa shape index (κ3) is 3.51. The zero-order valence-electron chi connectivity index (χ0n) is 14.7. The summed E-state index contributed by atoms with van der Waals surface area (Å²) in [5, 5.41) is 4.91. The van der Waals surface area contributed by atoms with Crippen LogP contribution in [0.4, 0.5) is 5.69 Å². The molecule has 2 heterocycles. The molecule has 0 aliphatic heterocycles. The molecule has 0 aliphatic carbocycles. The second-order valence-corrected chi connectivity index (χ2v) is 6.99. The molecule has 0 radical (unpaired) electrons. The molecule has 0 spiro atoms. The first-order chi connectivity index (χ1) is 12.2. The molecular formula is C19H24N4OS. The predicted molar refractivity (Wildman–Crippen MR) is 108 cm³/mol. The van der Waals surface area contributed by atoms with E-state index in [1.807, 2.05) is 12.1 Å². The Morgan fingerprint density at radius 1 is 1.24 bits per heavy atom. The van der Waals surface area contributed by atoms with Gasteiger partial charge in [0.1, 0.15) is 0 Å². The second-order valence-electron chi connectivity index (χ2n) is 5.94. The Balaban J connectivity index is 2.07. The van der Waals surface area contributed by atoms with Crippen molar-refractivity contribution in [2.75, 3.05) is 31.5 Å². The van der Waals surface area contributed by atoms with E-state index in [0.717, 1.165) is 52.2 Å². The Hall–Kier alpha value is -2.02. The lowest BCUT2D eigenvalue weighted by atomic mass is 10.1. The highest BCUT2D eigenvalue weighted by Gasteiger charge is 2.13. The number of likely N-dealkylation sites (N-methyl/N-ethyl adjacent to an activating group) is 1. The molecule has 0 fully saturated rings. The van der Waals surface area contributed by atoms with Gasteiger partial charge < -0.3 is 16.0 Å². The molecule has 3 rings (SSSR count). The smallest absolute Gasteiger partial charge is 0.198 e. The van der Waals surface area contributed by atoms with Crippen LogP contribution in [0, 0.1) is 0 Å². The van der Waals surface area contributed by atoms with Gasteiger partial charge in [0.2, 0.25) is 0 Å². The van der Waals surface area contributed by atoms with Crippen LogP contribution in [0.3, 0.4) is 0 Å². The van der Waals surface area contributed by atoms with Gasteiger partial charge in [-0.1, -0.05) is 19.9 Å². The molecule has 3 aromatic rings. The van der Waals surface area contributed by atoms with Crippen molar-refractivity contribution in [1.29, 1.82) is 0 Å². The van der Waals surface area contributed by atoms with Gasteiger partial charge in [0.15, 0.2) is 5.43 Å². The highest BCUT2D eigenvalue weighted by molar-refractivity contribution is 7.24. The van der Waals surface area contributed by atoms with Crippen LogP contribution in [0.1, 0.15) is 19.4 Å². The zero-order chi connectivity index (χ0) is 17.8. The number of aromatic nitrogens is 1. The number of pyridine rings is 1. The van der Waals surface area contributed by atoms with Gasteiger partial charge in [-0.2, -0.15) is 0 Å². The minimum Gasteiger partial charge on any atom is -0.383 e. The Morgan fingerprint density at radius 3 is 2.76 bits per heavy atom. The van der Waals surface area contributed by atoms with Crippen molar-refractivity contribution >= 4 is 37.2 Å². The summed E-state index contributed by atoms with van der Waals surface area (Å²) in [5.41, 5.74) is 7.83. The fraction of sp³-hybridized carbons (Fsp3) is 0.368. The molecule has 0 bridgehead atoms. The van der Waals surface area contributed by atoms with Crippen LogP contribution < -0.4 is 16.5 Å². The molecule has 2 aromatic heterocycles. The summed E-state index contributed by atoms with van der Waals surface area (Å²) in [5.74, 6) is 0. The molecule has 6 heteroatoms. The number of nitrogens with two attached hydrogens (primary N) is 1.